The minimum absolute atomic E-state index is 0.0242. The molecule has 0 spiro atoms. The van der Waals surface area contributed by atoms with Gasteiger partial charge in [0.2, 0.25) is 0 Å². The summed E-state index contributed by atoms with van der Waals surface area (Å²) in [7, 11) is 1.31. The molecule has 0 amide bonds. The molecule has 0 bridgehead atoms. The number of guanidine groups is 1. The smallest absolute Gasteiger partial charge is 0.416 e. The highest BCUT2D eigenvalue weighted by molar-refractivity contribution is 5.92. The number of hydrogen-bond acceptors (Lipinski definition) is 2. The lowest BCUT2D eigenvalue weighted by Gasteiger charge is -2.13. The Morgan fingerprint density at radius 2 is 1.87 bits per heavy atom. The average molecular weight is 323 g/mol. The first-order valence-electron chi connectivity index (χ1n) is 6.76. The van der Waals surface area contributed by atoms with Crippen LogP contribution in [-0.4, -0.2) is 13.1 Å². The lowest BCUT2D eigenvalue weighted by Crippen LogP contribution is -2.22. The number of benzene rings is 2. The van der Waals surface area contributed by atoms with Crippen molar-refractivity contribution in [2.45, 2.75) is 12.7 Å². The first-order chi connectivity index (χ1) is 10.9. The summed E-state index contributed by atoms with van der Waals surface area (Å²) in [6, 6.07) is 12.7. The maximum absolute atomic E-state index is 13.1. The van der Waals surface area contributed by atoms with Crippen molar-refractivity contribution in [2.75, 3.05) is 12.4 Å². The highest BCUT2D eigenvalue weighted by atomic mass is 19.4. The number of nitrogens with one attached hydrogen (secondary N) is 1. The van der Waals surface area contributed by atoms with Crippen LogP contribution in [0.3, 0.4) is 0 Å². The van der Waals surface area contributed by atoms with Gasteiger partial charge in [0.1, 0.15) is 5.75 Å². The molecule has 0 heterocycles. The fourth-order valence-corrected chi connectivity index (χ4v) is 1.96. The minimum atomic E-state index is -4.49. The molecule has 7 heteroatoms. The third kappa shape index (κ3) is 4.64. The van der Waals surface area contributed by atoms with Crippen molar-refractivity contribution in [3.63, 3.8) is 0 Å². The Kier molecular flexibility index (Phi) is 5.10. The van der Waals surface area contributed by atoms with E-state index in [1.165, 1.54) is 19.2 Å². The molecule has 0 saturated carbocycles. The highest BCUT2D eigenvalue weighted by Gasteiger charge is 2.33. The van der Waals surface area contributed by atoms with Crippen molar-refractivity contribution >= 4 is 11.6 Å². The van der Waals surface area contributed by atoms with Crippen molar-refractivity contribution in [1.82, 2.24) is 0 Å². The Bertz CT molecular complexity index is 685. The second-order valence-electron chi connectivity index (χ2n) is 4.71. The molecule has 2 aromatic rings. The van der Waals surface area contributed by atoms with Gasteiger partial charge in [-0.05, 0) is 29.8 Å². The van der Waals surface area contributed by atoms with Crippen LogP contribution in [0.2, 0.25) is 0 Å². The Balaban J connectivity index is 2.17. The van der Waals surface area contributed by atoms with E-state index >= 15 is 0 Å². The van der Waals surface area contributed by atoms with E-state index in [0.29, 0.717) is 5.69 Å². The van der Waals surface area contributed by atoms with Gasteiger partial charge < -0.3 is 15.8 Å². The number of nitrogens with two attached hydrogens (primary N) is 1. The lowest BCUT2D eigenvalue weighted by atomic mass is 10.1. The molecule has 2 rings (SSSR count). The highest BCUT2D eigenvalue weighted by Crippen LogP contribution is 2.34. The number of ether oxygens (including phenoxy) is 1. The predicted molar refractivity (Wildman–Crippen MR) is 83.4 cm³/mol. The predicted octanol–water partition coefficient (Wildman–Crippen LogP) is 3.64. The van der Waals surface area contributed by atoms with Crippen LogP contribution in [0, 0.1) is 0 Å². The zero-order valence-corrected chi connectivity index (χ0v) is 12.4. The van der Waals surface area contributed by atoms with Crippen LogP contribution >= 0.6 is 0 Å². The molecule has 0 aliphatic heterocycles. The molecule has 4 nitrogen and oxygen atoms in total. The minimum Gasteiger partial charge on any atom is -0.497 e. The van der Waals surface area contributed by atoms with E-state index in [2.05, 4.69) is 10.3 Å². The van der Waals surface area contributed by atoms with E-state index in [1.54, 1.807) is 24.3 Å². The Hall–Kier alpha value is -2.70. The van der Waals surface area contributed by atoms with Crippen LogP contribution in [0.4, 0.5) is 18.9 Å². The standard InChI is InChI=1S/C16H16F3N3O/c1-23-13-8-7-11(14(9-13)16(17,18)19)10-21-15(20)22-12-5-3-2-4-6-12/h2-9H,10H2,1H3,(H3,20,21,22). The van der Waals surface area contributed by atoms with Crippen LogP contribution in [0.1, 0.15) is 11.1 Å². The van der Waals surface area contributed by atoms with Crippen molar-refractivity contribution in [3.8, 4) is 5.75 Å². The Labute approximate surface area is 131 Å². The van der Waals surface area contributed by atoms with Gasteiger partial charge in [-0.3, -0.25) is 0 Å². The van der Waals surface area contributed by atoms with Crippen molar-refractivity contribution < 1.29 is 17.9 Å². The van der Waals surface area contributed by atoms with Gasteiger partial charge in [0.05, 0.1) is 19.2 Å². The molecule has 0 aromatic heterocycles. The monoisotopic (exact) mass is 323 g/mol. The lowest BCUT2D eigenvalue weighted by molar-refractivity contribution is -0.138. The molecule has 0 fully saturated rings. The average Bonchev–Trinajstić information content (AvgIpc) is 2.53. The number of para-hydroxylation sites is 1. The van der Waals surface area contributed by atoms with Gasteiger partial charge in [0.25, 0.3) is 0 Å². The Morgan fingerprint density at radius 3 is 2.48 bits per heavy atom. The molecule has 2 aromatic carbocycles. The van der Waals surface area contributed by atoms with E-state index in [9.17, 15) is 13.2 Å². The number of anilines is 1. The summed E-state index contributed by atoms with van der Waals surface area (Å²) in [5.41, 5.74) is 5.65. The van der Waals surface area contributed by atoms with E-state index in [1.807, 2.05) is 6.07 Å². The summed E-state index contributed by atoms with van der Waals surface area (Å²) < 4.78 is 44.1. The van der Waals surface area contributed by atoms with Gasteiger partial charge in [-0.1, -0.05) is 24.3 Å². The summed E-state index contributed by atoms with van der Waals surface area (Å²) in [5.74, 6) is 0.181. The summed E-state index contributed by atoms with van der Waals surface area (Å²) in [6.45, 7) is -0.190. The summed E-state index contributed by atoms with van der Waals surface area (Å²) in [4.78, 5) is 3.96. The topological polar surface area (TPSA) is 59.6 Å². The van der Waals surface area contributed by atoms with Crippen LogP contribution in [0.25, 0.3) is 0 Å². The molecule has 0 aliphatic rings. The number of rotatable bonds is 4. The maximum Gasteiger partial charge on any atom is 0.416 e. The molecule has 0 aliphatic carbocycles. The number of halogens is 3. The molecule has 122 valence electrons. The van der Waals surface area contributed by atoms with E-state index < -0.39 is 11.7 Å². The zero-order chi connectivity index (χ0) is 16.9. The molecule has 3 N–H and O–H groups in total. The van der Waals surface area contributed by atoms with Gasteiger partial charge in [-0.2, -0.15) is 13.2 Å². The van der Waals surface area contributed by atoms with Gasteiger partial charge in [-0.15, -0.1) is 0 Å². The normalized spacial score (nSPS) is 12.1. The second-order valence-corrected chi connectivity index (χ2v) is 4.71. The van der Waals surface area contributed by atoms with Crippen LogP contribution in [-0.2, 0) is 12.7 Å². The largest absolute Gasteiger partial charge is 0.497 e. The van der Waals surface area contributed by atoms with Crippen LogP contribution in [0.15, 0.2) is 53.5 Å². The summed E-state index contributed by atoms with van der Waals surface area (Å²) in [6.07, 6.45) is -4.49. The molecule has 0 saturated heterocycles. The first kappa shape index (κ1) is 16.7. The Morgan fingerprint density at radius 1 is 1.17 bits per heavy atom. The summed E-state index contributed by atoms with van der Waals surface area (Å²) in [5, 5.41) is 2.81. The third-order valence-electron chi connectivity index (χ3n) is 3.09. The first-order valence-corrected chi connectivity index (χ1v) is 6.76. The quantitative estimate of drug-likeness (QED) is 0.667. The van der Waals surface area contributed by atoms with Gasteiger partial charge in [0.15, 0.2) is 5.96 Å². The second kappa shape index (κ2) is 7.04. The number of hydrogen-bond donors (Lipinski definition) is 2. The maximum atomic E-state index is 13.1. The number of methoxy groups -OCH3 is 1. The van der Waals surface area contributed by atoms with Crippen molar-refractivity contribution in [2.24, 2.45) is 10.7 Å². The molecule has 0 unspecified atom stereocenters. The molecule has 0 radical (unpaired) electrons. The van der Waals surface area contributed by atoms with E-state index in [-0.39, 0.29) is 23.8 Å². The molecular weight excluding hydrogens is 307 g/mol. The van der Waals surface area contributed by atoms with E-state index in [4.69, 9.17) is 10.5 Å². The van der Waals surface area contributed by atoms with Crippen LogP contribution < -0.4 is 15.8 Å². The zero-order valence-electron chi connectivity index (χ0n) is 12.4. The molecular formula is C16H16F3N3O. The van der Waals surface area contributed by atoms with Gasteiger partial charge in [0, 0.05) is 5.69 Å². The van der Waals surface area contributed by atoms with Gasteiger partial charge in [-0.25, -0.2) is 4.99 Å². The molecule has 23 heavy (non-hydrogen) atoms. The SMILES string of the molecule is COc1ccc(CN=C(N)Nc2ccccc2)c(C(F)(F)F)c1. The fraction of sp³-hybridized carbons (Fsp3) is 0.188. The number of aliphatic imine (C=N–C) groups is 1. The van der Waals surface area contributed by atoms with Crippen LogP contribution in [0.5, 0.6) is 5.75 Å². The van der Waals surface area contributed by atoms with Gasteiger partial charge >= 0.3 is 6.18 Å². The van der Waals surface area contributed by atoms with E-state index in [0.717, 1.165) is 6.07 Å². The number of alkyl halides is 3. The summed E-state index contributed by atoms with van der Waals surface area (Å²) >= 11 is 0. The third-order valence-corrected chi connectivity index (χ3v) is 3.09. The fourth-order valence-electron chi connectivity index (χ4n) is 1.96. The van der Waals surface area contributed by atoms with Crippen molar-refractivity contribution in [1.29, 1.82) is 0 Å². The number of nitrogens with zero attached hydrogens (tertiary/aromatic N) is 1. The molecule has 0 atom stereocenters. The van der Waals surface area contributed by atoms with Crippen molar-refractivity contribution in [3.05, 3.63) is 59.7 Å².